The van der Waals surface area contributed by atoms with Crippen molar-refractivity contribution in [3.8, 4) is 0 Å². The van der Waals surface area contributed by atoms with Crippen molar-refractivity contribution in [1.29, 1.82) is 0 Å². The molecule has 0 bridgehead atoms. The molecule has 3 N–H and O–H groups in total. The van der Waals surface area contributed by atoms with Crippen LogP contribution >= 0.6 is 11.3 Å². The van der Waals surface area contributed by atoms with Gasteiger partial charge in [-0.05, 0) is 61.3 Å². The number of hydrogen-bond acceptors (Lipinski definition) is 7. The fourth-order valence-electron chi connectivity index (χ4n) is 4.60. The van der Waals surface area contributed by atoms with Gasteiger partial charge in [0.2, 0.25) is 5.91 Å². The minimum absolute atomic E-state index is 0.0747. The number of nitrogens with zero attached hydrogens (tertiary/aromatic N) is 2. The average Bonchev–Trinajstić information content (AvgIpc) is 3.32. The van der Waals surface area contributed by atoms with Crippen molar-refractivity contribution < 1.29 is 23.1 Å². The third-order valence-corrected chi connectivity index (χ3v) is 9.47. The highest BCUT2D eigenvalue weighted by atomic mass is 32.2. The predicted octanol–water partition coefficient (Wildman–Crippen LogP) is 3.16. The van der Waals surface area contributed by atoms with Gasteiger partial charge >= 0.3 is 0 Å². The standard InChI is InChI=1S/C27H34N4O5S2/c1-18(2)15-21(30-27(34)24-16-19-9-3-4-11-23(19)37-24)26(33)29-20-10-6-8-14-31(17-22(20)32)38(35,36)25-12-5-7-13-28-25/h3-5,7,9,11-13,16,18,20-22,32H,6,8,10,14-15,17H2,1-2H3,(H,29,33)(H,30,34)/t20?,21-,22?/m0/s1. The summed E-state index contributed by atoms with van der Waals surface area (Å²) in [5.41, 5.74) is 0. The summed E-state index contributed by atoms with van der Waals surface area (Å²) in [7, 11) is -3.88. The SMILES string of the molecule is CC(C)C[C@H](NC(=O)c1cc2ccccc2s1)C(=O)NC1CCCCN(S(=O)(=O)c2ccccn2)CC1O. The van der Waals surface area contributed by atoms with Crippen LogP contribution in [-0.4, -0.2) is 65.9 Å². The number of carbonyl (C=O) groups excluding carboxylic acids is 2. The second kappa shape index (κ2) is 12.3. The van der Waals surface area contributed by atoms with Crippen LogP contribution < -0.4 is 10.6 Å². The fourth-order valence-corrected chi connectivity index (χ4v) is 6.99. The summed E-state index contributed by atoms with van der Waals surface area (Å²) < 4.78 is 28.4. The van der Waals surface area contributed by atoms with E-state index in [2.05, 4.69) is 15.6 Å². The topological polar surface area (TPSA) is 129 Å². The van der Waals surface area contributed by atoms with Crippen molar-refractivity contribution in [2.75, 3.05) is 13.1 Å². The normalized spacial score (nSPS) is 20.0. The quantitative estimate of drug-likeness (QED) is 0.390. The fraction of sp³-hybridized carbons (Fsp3) is 0.444. The van der Waals surface area contributed by atoms with E-state index in [1.807, 2.05) is 44.2 Å². The van der Waals surface area contributed by atoms with Crippen molar-refractivity contribution in [3.63, 3.8) is 0 Å². The average molecular weight is 559 g/mol. The number of aliphatic hydroxyl groups is 1. The van der Waals surface area contributed by atoms with Gasteiger partial charge in [0.1, 0.15) is 6.04 Å². The Balaban J connectivity index is 1.45. The van der Waals surface area contributed by atoms with E-state index in [0.717, 1.165) is 10.1 Å². The Kier molecular flexibility index (Phi) is 9.14. The van der Waals surface area contributed by atoms with Gasteiger partial charge in [-0.25, -0.2) is 13.4 Å². The van der Waals surface area contributed by atoms with Crippen LogP contribution in [0.3, 0.4) is 0 Å². The molecule has 0 spiro atoms. The number of aromatic nitrogens is 1. The summed E-state index contributed by atoms with van der Waals surface area (Å²) in [4.78, 5) is 30.9. The molecule has 1 aliphatic rings. The molecule has 1 fully saturated rings. The highest BCUT2D eigenvalue weighted by Gasteiger charge is 2.34. The largest absolute Gasteiger partial charge is 0.390 e. The third-order valence-electron chi connectivity index (χ3n) is 6.58. The molecule has 2 unspecified atom stereocenters. The Morgan fingerprint density at radius 1 is 1.16 bits per heavy atom. The summed E-state index contributed by atoms with van der Waals surface area (Å²) in [6.07, 6.45) is 2.44. The number of rotatable bonds is 8. The summed E-state index contributed by atoms with van der Waals surface area (Å²) in [6, 6.07) is 12.7. The van der Waals surface area contributed by atoms with Crippen LogP contribution in [-0.2, 0) is 14.8 Å². The van der Waals surface area contributed by atoms with Gasteiger partial charge in [0.25, 0.3) is 15.9 Å². The number of carbonyl (C=O) groups is 2. The lowest BCUT2D eigenvalue weighted by atomic mass is 9.99. The van der Waals surface area contributed by atoms with E-state index in [4.69, 9.17) is 0 Å². The number of fused-ring (bicyclic) bond motifs is 1. The number of aliphatic hydroxyl groups excluding tert-OH is 1. The van der Waals surface area contributed by atoms with Gasteiger partial charge in [-0.1, -0.05) is 38.1 Å². The smallest absolute Gasteiger partial charge is 0.262 e. The first-order valence-corrected chi connectivity index (χ1v) is 15.1. The van der Waals surface area contributed by atoms with Crippen molar-refractivity contribution >= 4 is 43.3 Å². The highest BCUT2D eigenvalue weighted by Crippen LogP contribution is 2.25. The first-order valence-electron chi connectivity index (χ1n) is 12.8. The highest BCUT2D eigenvalue weighted by molar-refractivity contribution is 7.89. The van der Waals surface area contributed by atoms with Crippen LogP contribution in [0.1, 0.15) is 49.2 Å². The molecule has 9 nitrogen and oxygen atoms in total. The zero-order valence-electron chi connectivity index (χ0n) is 21.5. The molecule has 2 aromatic heterocycles. The molecule has 2 amide bonds. The Morgan fingerprint density at radius 3 is 2.63 bits per heavy atom. The van der Waals surface area contributed by atoms with E-state index in [1.54, 1.807) is 12.1 Å². The number of β-amino-alcohol motifs (C(OH)–C–C–N with tert-alkyl or cyclic N) is 1. The van der Waals surface area contributed by atoms with Gasteiger partial charge in [-0.3, -0.25) is 9.59 Å². The second-order valence-corrected chi connectivity index (χ2v) is 13.0. The Labute approximate surface area is 227 Å². The molecule has 38 heavy (non-hydrogen) atoms. The molecule has 0 aliphatic carbocycles. The van der Waals surface area contributed by atoms with Gasteiger partial charge in [-0.2, -0.15) is 4.31 Å². The zero-order chi connectivity index (χ0) is 27.3. The van der Waals surface area contributed by atoms with Crippen LogP contribution in [0.25, 0.3) is 10.1 Å². The number of pyridine rings is 1. The minimum atomic E-state index is -3.88. The lowest BCUT2D eigenvalue weighted by Gasteiger charge is -2.33. The van der Waals surface area contributed by atoms with E-state index < -0.39 is 34.1 Å². The predicted molar refractivity (Wildman–Crippen MR) is 147 cm³/mol. The molecule has 0 saturated carbocycles. The number of sulfonamides is 1. The van der Waals surface area contributed by atoms with Crippen LogP contribution in [0, 0.1) is 5.92 Å². The molecular weight excluding hydrogens is 524 g/mol. The van der Waals surface area contributed by atoms with Crippen LogP contribution in [0.4, 0.5) is 0 Å². The van der Waals surface area contributed by atoms with Crippen molar-refractivity contribution in [2.45, 2.75) is 62.7 Å². The molecule has 3 aromatic rings. The van der Waals surface area contributed by atoms with Gasteiger partial charge < -0.3 is 15.7 Å². The number of hydrogen-bond donors (Lipinski definition) is 3. The van der Waals surface area contributed by atoms with E-state index in [0.29, 0.717) is 30.6 Å². The maximum atomic E-state index is 13.4. The molecule has 1 aromatic carbocycles. The molecule has 3 heterocycles. The number of nitrogens with one attached hydrogen (secondary N) is 2. The molecule has 4 rings (SSSR count). The molecule has 0 radical (unpaired) electrons. The molecule has 3 atom stereocenters. The van der Waals surface area contributed by atoms with E-state index >= 15 is 0 Å². The van der Waals surface area contributed by atoms with Crippen LogP contribution in [0.5, 0.6) is 0 Å². The molecule has 11 heteroatoms. The van der Waals surface area contributed by atoms with Crippen molar-refractivity contribution in [2.24, 2.45) is 5.92 Å². The monoisotopic (exact) mass is 558 g/mol. The molecule has 1 aliphatic heterocycles. The summed E-state index contributed by atoms with van der Waals surface area (Å²) in [5.74, 6) is -0.579. The zero-order valence-corrected chi connectivity index (χ0v) is 23.2. The summed E-state index contributed by atoms with van der Waals surface area (Å²) in [5, 5.41) is 17.6. The second-order valence-electron chi connectivity index (χ2n) is 10.0. The van der Waals surface area contributed by atoms with Gasteiger partial charge in [-0.15, -0.1) is 11.3 Å². The lowest BCUT2D eigenvalue weighted by Crippen LogP contribution is -2.55. The van der Waals surface area contributed by atoms with Crippen LogP contribution in [0.15, 0.2) is 59.8 Å². The molecular formula is C27H34N4O5S2. The van der Waals surface area contributed by atoms with Crippen molar-refractivity contribution in [1.82, 2.24) is 19.9 Å². The summed E-state index contributed by atoms with van der Waals surface area (Å²) >= 11 is 1.37. The maximum absolute atomic E-state index is 13.4. The third kappa shape index (κ3) is 6.76. The number of benzene rings is 1. The minimum Gasteiger partial charge on any atom is -0.390 e. The first-order chi connectivity index (χ1) is 18.1. The van der Waals surface area contributed by atoms with Gasteiger partial charge in [0, 0.05) is 24.0 Å². The molecule has 1 saturated heterocycles. The Bertz CT molecular complexity index is 1330. The molecule has 204 valence electrons. The van der Waals surface area contributed by atoms with Gasteiger partial charge in [0.05, 0.1) is 17.0 Å². The Morgan fingerprint density at radius 2 is 1.92 bits per heavy atom. The van der Waals surface area contributed by atoms with E-state index in [9.17, 15) is 23.1 Å². The first kappa shape index (κ1) is 28.2. The maximum Gasteiger partial charge on any atom is 0.262 e. The van der Waals surface area contributed by atoms with E-state index in [1.165, 1.54) is 27.9 Å². The Hall–Kier alpha value is -2.86. The lowest BCUT2D eigenvalue weighted by molar-refractivity contribution is -0.125. The van der Waals surface area contributed by atoms with E-state index in [-0.39, 0.29) is 29.9 Å². The number of amides is 2. The van der Waals surface area contributed by atoms with Gasteiger partial charge in [0.15, 0.2) is 5.03 Å². The number of thiophene rings is 1. The summed E-state index contributed by atoms with van der Waals surface area (Å²) in [6.45, 7) is 4.04. The van der Waals surface area contributed by atoms with Crippen LogP contribution in [0.2, 0.25) is 0 Å². The van der Waals surface area contributed by atoms with Crippen molar-refractivity contribution in [3.05, 3.63) is 59.6 Å².